The molecule has 2 amide bonds. The van der Waals surface area contributed by atoms with Gasteiger partial charge >= 0.3 is 12.4 Å². The molecule has 0 bridgehead atoms. The Morgan fingerprint density at radius 2 is 1.52 bits per heavy atom. The Labute approximate surface area is 241 Å². The molecule has 1 aliphatic carbocycles. The van der Waals surface area contributed by atoms with Gasteiger partial charge in [-0.25, -0.2) is 0 Å². The molecule has 5 nitrogen and oxygen atoms in total. The molecule has 1 saturated heterocycles. The smallest absolute Gasteiger partial charge is 0.370 e. The molecule has 0 aromatic heterocycles. The molecular weight excluding hydrogens is 562 g/mol. The number of rotatable bonds is 7. The van der Waals surface area contributed by atoms with Gasteiger partial charge < -0.3 is 15.0 Å². The molecule has 3 atom stereocenters. The van der Waals surface area contributed by atoms with E-state index in [1.165, 1.54) is 6.92 Å². The van der Waals surface area contributed by atoms with E-state index in [9.17, 15) is 35.9 Å². The van der Waals surface area contributed by atoms with E-state index in [1.807, 2.05) is 30.3 Å². The summed E-state index contributed by atoms with van der Waals surface area (Å²) in [5.41, 5.74) is -2.11. The van der Waals surface area contributed by atoms with Crippen LogP contribution < -0.4 is 5.32 Å². The van der Waals surface area contributed by atoms with Gasteiger partial charge in [0.15, 0.2) is 0 Å². The monoisotopic (exact) mass is 598 g/mol. The second kappa shape index (κ2) is 13.1. The van der Waals surface area contributed by atoms with Gasteiger partial charge in [0.25, 0.3) is 0 Å². The molecule has 2 aromatic rings. The van der Waals surface area contributed by atoms with E-state index in [2.05, 4.69) is 5.32 Å². The average Bonchev–Trinajstić information content (AvgIpc) is 2.96. The summed E-state index contributed by atoms with van der Waals surface area (Å²) in [5.74, 6) is -0.472. The largest absolute Gasteiger partial charge is 0.416 e. The molecule has 1 aliphatic heterocycles. The first kappa shape index (κ1) is 31.8. The van der Waals surface area contributed by atoms with E-state index in [0.29, 0.717) is 50.9 Å². The number of alkyl halides is 6. The molecule has 0 radical (unpaired) electrons. The fraction of sp³-hybridized carbons (Fsp3) is 0.548. The number of carbonyl (C=O) groups excluding carboxylic acids is 2. The van der Waals surface area contributed by atoms with Gasteiger partial charge in [-0.15, -0.1) is 0 Å². The second-order valence-corrected chi connectivity index (χ2v) is 11.2. The topological polar surface area (TPSA) is 58.6 Å². The molecule has 4 rings (SSSR count). The summed E-state index contributed by atoms with van der Waals surface area (Å²) in [6.07, 6.45) is -7.94. The number of nitrogens with zero attached hydrogens (tertiary/aromatic N) is 1. The van der Waals surface area contributed by atoms with Crippen LogP contribution in [0.1, 0.15) is 86.6 Å². The van der Waals surface area contributed by atoms with Crippen LogP contribution in [0, 0.1) is 5.92 Å². The minimum atomic E-state index is -4.95. The molecule has 0 spiro atoms. The lowest BCUT2D eigenvalue weighted by Crippen LogP contribution is -2.49. The average molecular weight is 599 g/mol. The van der Waals surface area contributed by atoms with Gasteiger partial charge in [0, 0.05) is 37.4 Å². The number of likely N-dealkylation sites (tertiary alicyclic amines) is 1. The third-order valence-corrected chi connectivity index (χ3v) is 8.31. The molecule has 1 N–H and O–H groups in total. The molecule has 2 aromatic carbocycles. The Bertz CT molecular complexity index is 1190. The van der Waals surface area contributed by atoms with Crippen LogP contribution in [0.3, 0.4) is 0 Å². The van der Waals surface area contributed by atoms with Gasteiger partial charge in [-0.2, -0.15) is 26.3 Å². The van der Waals surface area contributed by atoms with Crippen molar-refractivity contribution in [3.05, 3.63) is 70.8 Å². The third kappa shape index (κ3) is 7.85. The molecule has 230 valence electrons. The van der Waals surface area contributed by atoms with Crippen molar-refractivity contribution in [3.63, 3.8) is 0 Å². The maximum absolute atomic E-state index is 13.5. The predicted molar refractivity (Wildman–Crippen MR) is 144 cm³/mol. The van der Waals surface area contributed by atoms with Crippen LogP contribution in [0.2, 0.25) is 0 Å². The Hall–Kier alpha value is -3.08. The first-order valence-corrected chi connectivity index (χ1v) is 14.3. The van der Waals surface area contributed by atoms with Crippen molar-refractivity contribution in [2.75, 3.05) is 13.1 Å². The fourth-order valence-electron chi connectivity index (χ4n) is 5.94. The summed E-state index contributed by atoms with van der Waals surface area (Å²) in [6, 6.07) is 10.9. The Kier molecular flexibility index (Phi) is 9.90. The highest BCUT2D eigenvalue weighted by Crippen LogP contribution is 2.40. The van der Waals surface area contributed by atoms with Crippen LogP contribution >= 0.6 is 0 Å². The molecule has 2 fully saturated rings. The van der Waals surface area contributed by atoms with Crippen molar-refractivity contribution in [2.45, 2.75) is 88.9 Å². The SMILES string of the molecule is CCC(=O)NC1CCC(C(=O)N2CCC(OC(C)c3cc(C(F)(F)F)cc(C(F)(F)F)c3)C(c3ccccc3)C2)CC1. The number of nitrogens with one attached hydrogen (secondary N) is 1. The van der Waals surface area contributed by atoms with Crippen molar-refractivity contribution < 1.29 is 40.7 Å². The Morgan fingerprint density at radius 1 is 0.929 bits per heavy atom. The highest BCUT2D eigenvalue weighted by molar-refractivity contribution is 5.79. The van der Waals surface area contributed by atoms with Crippen LogP contribution in [0.25, 0.3) is 0 Å². The van der Waals surface area contributed by atoms with E-state index >= 15 is 0 Å². The Morgan fingerprint density at radius 3 is 2.07 bits per heavy atom. The normalized spacial score (nSPS) is 24.2. The maximum atomic E-state index is 13.5. The van der Waals surface area contributed by atoms with E-state index in [1.54, 1.807) is 11.8 Å². The highest BCUT2D eigenvalue weighted by atomic mass is 19.4. The second-order valence-electron chi connectivity index (χ2n) is 11.2. The van der Waals surface area contributed by atoms with Crippen molar-refractivity contribution in [1.29, 1.82) is 0 Å². The molecule has 11 heteroatoms. The highest BCUT2D eigenvalue weighted by Gasteiger charge is 2.40. The van der Waals surface area contributed by atoms with Crippen LogP contribution in [0.4, 0.5) is 26.3 Å². The number of ether oxygens (including phenoxy) is 1. The molecule has 1 heterocycles. The summed E-state index contributed by atoms with van der Waals surface area (Å²) in [4.78, 5) is 27.0. The molecule has 42 heavy (non-hydrogen) atoms. The zero-order valence-electron chi connectivity index (χ0n) is 23.6. The van der Waals surface area contributed by atoms with E-state index < -0.39 is 35.7 Å². The third-order valence-electron chi connectivity index (χ3n) is 8.31. The van der Waals surface area contributed by atoms with E-state index in [0.717, 1.165) is 18.4 Å². The van der Waals surface area contributed by atoms with Crippen LogP contribution in [-0.4, -0.2) is 41.9 Å². The summed E-state index contributed by atoms with van der Waals surface area (Å²) >= 11 is 0. The van der Waals surface area contributed by atoms with Crippen LogP contribution in [-0.2, 0) is 26.7 Å². The number of amides is 2. The number of benzene rings is 2. The van der Waals surface area contributed by atoms with Crippen LogP contribution in [0.15, 0.2) is 48.5 Å². The van der Waals surface area contributed by atoms with Crippen molar-refractivity contribution in [2.24, 2.45) is 5.92 Å². The minimum Gasteiger partial charge on any atom is -0.370 e. The van der Waals surface area contributed by atoms with Gasteiger partial charge in [0.05, 0.1) is 23.3 Å². The van der Waals surface area contributed by atoms with Gasteiger partial charge in [-0.05, 0) is 68.4 Å². The Balaban J connectivity index is 1.50. The zero-order valence-corrected chi connectivity index (χ0v) is 23.6. The number of carbonyl (C=O) groups is 2. The quantitative estimate of drug-likeness (QED) is 0.341. The molecular formula is C31H36F6N2O3. The van der Waals surface area contributed by atoms with E-state index in [4.69, 9.17) is 4.74 Å². The maximum Gasteiger partial charge on any atom is 0.416 e. The lowest BCUT2D eigenvalue weighted by molar-refractivity contribution is -0.143. The molecule has 2 aliphatic rings. The van der Waals surface area contributed by atoms with Crippen molar-refractivity contribution >= 4 is 11.8 Å². The molecule has 3 unspecified atom stereocenters. The molecule has 1 saturated carbocycles. The van der Waals surface area contributed by atoms with Gasteiger partial charge in [0.2, 0.25) is 11.8 Å². The van der Waals surface area contributed by atoms with Crippen molar-refractivity contribution in [3.8, 4) is 0 Å². The lowest BCUT2D eigenvalue weighted by Gasteiger charge is -2.42. The first-order chi connectivity index (χ1) is 19.8. The number of hydrogen-bond acceptors (Lipinski definition) is 3. The fourth-order valence-corrected chi connectivity index (χ4v) is 5.94. The summed E-state index contributed by atoms with van der Waals surface area (Å²) in [5, 5.41) is 2.99. The lowest BCUT2D eigenvalue weighted by atomic mass is 9.83. The number of halogens is 6. The van der Waals surface area contributed by atoms with E-state index in [-0.39, 0.29) is 41.3 Å². The van der Waals surface area contributed by atoms with Gasteiger partial charge in [-0.3, -0.25) is 9.59 Å². The predicted octanol–water partition coefficient (Wildman–Crippen LogP) is 7.27. The summed E-state index contributed by atoms with van der Waals surface area (Å²) < 4.78 is 86.9. The number of piperidine rings is 1. The standard InChI is InChI=1S/C31H36F6N2O3/c1-3-28(40)38-25-11-9-21(10-12-25)29(41)39-14-13-27(26(18-39)20-7-5-4-6-8-20)42-19(2)22-15-23(30(32,33)34)17-24(16-22)31(35,36)37/h4-8,15-17,19,21,25-27H,3,9-14,18H2,1-2H3,(H,38,40). The zero-order chi connectivity index (χ0) is 30.7. The summed E-state index contributed by atoms with van der Waals surface area (Å²) in [7, 11) is 0. The van der Waals surface area contributed by atoms with Gasteiger partial charge in [-0.1, -0.05) is 37.3 Å². The van der Waals surface area contributed by atoms with Crippen molar-refractivity contribution in [1.82, 2.24) is 10.2 Å². The summed E-state index contributed by atoms with van der Waals surface area (Å²) in [6.45, 7) is 3.93. The van der Waals surface area contributed by atoms with Gasteiger partial charge in [0.1, 0.15) is 0 Å². The van der Waals surface area contributed by atoms with Crippen LogP contribution in [0.5, 0.6) is 0 Å². The first-order valence-electron chi connectivity index (χ1n) is 14.3. The number of hydrogen-bond donors (Lipinski definition) is 1. The minimum absolute atomic E-state index is 0.00783.